The maximum atomic E-state index is 13.0. The summed E-state index contributed by atoms with van der Waals surface area (Å²) < 4.78 is 0. The van der Waals surface area contributed by atoms with E-state index >= 15 is 0 Å². The zero-order valence-electron chi connectivity index (χ0n) is 16.1. The van der Waals surface area contributed by atoms with E-state index in [0.717, 1.165) is 39.7 Å². The van der Waals surface area contributed by atoms with Gasteiger partial charge in [0.05, 0.1) is 0 Å². The van der Waals surface area contributed by atoms with Crippen molar-refractivity contribution in [2.45, 2.75) is 55.4 Å². The maximum absolute atomic E-state index is 13.0. The van der Waals surface area contributed by atoms with Gasteiger partial charge in [-0.15, -0.1) is 0 Å². The molecule has 2 aromatic rings. The van der Waals surface area contributed by atoms with Gasteiger partial charge in [0.1, 0.15) is 0 Å². The Hall–Kier alpha value is -2.22. The quantitative estimate of drug-likeness (QED) is 0.543. The molecule has 0 unspecified atom stereocenters. The first-order valence-corrected chi connectivity index (χ1v) is 8.47. The first-order valence-electron chi connectivity index (χ1n) is 8.47. The Kier molecular flexibility index (Phi) is 6.65. The fourth-order valence-corrected chi connectivity index (χ4v) is 2.81. The van der Waals surface area contributed by atoms with E-state index in [-0.39, 0.29) is 5.78 Å². The molecule has 0 saturated heterocycles. The molecular weight excluding hydrogens is 296 g/mol. The van der Waals surface area contributed by atoms with Gasteiger partial charge in [0.2, 0.25) is 0 Å². The summed E-state index contributed by atoms with van der Waals surface area (Å²) in [5.74, 6) is -0.0751. The molecule has 0 spiro atoms. The maximum Gasteiger partial charge on any atom is 0.194 e. The van der Waals surface area contributed by atoms with Crippen molar-refractivity contribution in [3.05, 3.63) is 68.3 Å². The lowest BCUT2D eigenvalue weighted by atomic mass is 9.85. The van der Waals surface area contributed by atoms with Crippen LogP contribution in [0.1, 0.15) is 73.5 Å². The minimum Gasteiger partial charge on any atom is -0.298 e. The van der Waals surface area contributed by atoms with Crippen LogP contribution >= 0.6 is 0 Å². The molecule has 0 heterocycles. The number of hydrogen-bond donors (Lipinski definition) is 0. The molecule has 0 aliphatic carbocycles. The SMILES string of the molecule is CC.Cc1ccc(C(=O)c2c(C)c(C)c(C)c(C)c2C=O)cc1C. The summed E-state index contributed by atoms with van der Waals surface area (Å²) in [7, 11) is 0. The Morgan fingerprint density at radius 3 is 1.83 bits per heavy atom. The summed E-state index contributed by atoms with van der Waals surface area (Å²) in [5, 5.41) is 0. The van der Waals surface area contributed by atoms with Gasteiger partial charge in [-0.2, -0.15) is 0 Å². The third-order valence-corrected chi connectivity index (χ3v) is 4.85. The van der Waals surface area contributed by atoms with Crippen molar-refractivity contribution in [3.63, 3.8) is 0 Å². The first-order chi connectivity index (χ1) is 11.3. The smallest absolute Gasteiger partial charge is 0.194 e. The third kappa shape index (κ3) is 3.48. The zero-order valence-corrected chi connectivity index (χ0v) is 16.1. The lowest BCUT2D eigenvalue weighted by Gasteiger charge is -2.17. The molecule has 0 fully saturated rings. The lowest BCUT2D eigenvalue weighted by Crippen LogP contribution is -2.12. The Morgan fingerprint density at radius 1 is 0.792 bits per heavy atom. The van der Waals surface area contributed by atoms with Gasteiger partial charge in [0.25, 0.3) is 0 Å². The number of benzene rings is 2. The highest BCUT2D eigenvalue weighted by Crippen LogP contribution is 2.28. The molecule has 128 valence electrons. The second-order valence-corrected chi connectivity index (χ2v) is 6.03. The Morgan fingerprint density at radius 2 is 1.33 bits per heavy atom. The lowest BCUT2D eigenvalue weighted by molar-refractivity contribution is 0.102. The van der Waals surface area contributed by atoms with Crippen LogP contribution in [-0.2, 0) is 0 Å². The van der Waals surface area contributed by atoms with Crippen LogP contribution in [0.2, 0.25) is 0 Å². The highest BCUT2D eigenvalue weighted by atomic mass is 16.1. The summed E-state index contributed by atoms with van der Waals surface area (Å²) in [6.45, 7) is 15.8. The molecule has 0 amide bonds. The van der Waals surface area contributed by atoms with E-state index in [9.17, 15) is 9.59 Å². The molecule has 2 heteroatoms. The third-order valence-electron chi connectivity index (χ3n) is 4.85. The van der Waals surface area contributed by atoms with E-state index in [4.69, 9.17) is 0 Å². The molecule has 0 aliphatic heterocycles. The minimum atomic E-state index is -0.0751. The van der Waals surface area contributed by atoms with Crippen molar-refractivity contribution in [3.8, 4) is 0 Å². The Labute approximate surface area is 145 Å². The minimum absolute atomic E-state index is 0.0751. The van der Waals surface area contributed by atoms with Gasteiger partial charge in [-0.3, -0.25) is 9.59 Å². The average Bonchev–Trinajstić information content (AvgIpc) is 2.59. The van der Waals surface area contributed by atoms with Crippen LogP contribution in [0.15, 0.2) is 18.2 Å². The highest BCUT2D eigenvalue weighted by Gasteiger charge is 2.21. The molecule has 0 saturated carbocycles. The van der Waals surface area contributed by atoms with E-state index in [1.165, 1.54) is 0 Å². The fourth-order valence-electron chi connectivity index (χ4n) is 2.81. The van der Waals surface area contributed by atoms with Crippen molar-refractivity contribution < 1.29 is 9.59 Å². The van der Waals surface area contributed by atoms with Gasteiger partial charge in [0.15, 0.2) is 12.1 Å². The van der Waals surface area contributed by atoms with E-state index in [1.54, 1.807) is 0 Å². The predicted octanol–water partition coefficient (Wildman–Crippen LogP) is 5.61. The largest absolute Gasteiger partial charge is 0.298 e. The number of aryl methyl sites for hydroxylation is 2. The van der Waals surface area contributed by atoms with Crippen LogP contribution in [-0.4, -0.2) is 12.1 Å². The van der Waals surface area contributed by atoms with Crippen molar-refractivity contribution in [2.75, 3.05) is 0 Å². The van der Waals surface area contributed by atoms with Gasteiger partial charge in [-0.25, -0.2) is 0 Å². The van der Waals surface area contributed by atoms with Gasteiger partial charge in [0, 0.05) is 16.7 Å². The molecule has 0 aliphatic rings. The van der Waals surface area contributed by atoms with Crippen molar-refractivity contribution in [1.29, 1.82) is 0 Å². The van der Waals surface area contributed by atoms with Crippen molar-refractivity contribution >= 4 is 12.1 Å². The molecule has 0 radical (unpaired) electrons. The first kappa shape index (κ1) is 19.8. The average molecular weight is 324 g/mol. The topological polar surface area (TPSA) is 34.1 Å². The van der Waals surface area contributed by atoms with Crippen LogP contribution in [0, 0.1) is 41.5 Å². The van der Waals surface area contributed by atoms with E-state index in [2.05, 4.69) is 0 Å². The Bertz CT molecular complexity index is 783. The van der Waals surface area contributed by atoms with Crippen LogP contribution in [0.5, 0.6) is 0 Å². The second kappa shape index (κ2) is 8.05. The molecule has 2 rings (SSSR count). The molecule has 0 N–H and O–H groups in total. The monoisotopic (exact) mass is 324 g/mol. The summed E-state index contributed by atoms with van der Waals surface area (Å²) in [5.41, 5.74) is 7.88. The number of rotatable bonds is 3. The summed E-state index contributed by atoms with van der Waals surface area (Å²) in [4.78, 5) is 24.5. The standard InChI is InChI=1S/C20H22O2.C2H6/c1-11-7-8-17(9-12(11)2)20(22)19-16(6)14(4)13(3)15(5)18(19)10-21;1-2/h7-10H,1-6H3;1-2H3. The second-order valence-electron chi connectivity index (χ2n) is 6.03. The Balaban J connectivity index is 0.00000139. The zero-order chi connectivity index (χ0) is 18.6. The summed E-state index contributed by atoms with van der Waals surface area (Å²) in [6, 6.07) is 5.69. The van der Waals surface area contributed by atoms with Crippen LogP contribution < -0.4 is 0 Å². The summed E-state index contributed by atoms with van der Waals surface area (Å²) in [6.07, 6.45) is 0.809. The van der Waals surface area contributed by atoms with Crippen molar-refractivity contribution in [2.24, 2.45) is 0 Å². The van der Waals surface area contributed by atoms with E-state index in [1.807, 2.05) is 73.6 Å². The molecule has 2 nitrogen and oxygen atoms in total. The number of carbonyl (C=O) groups is 2. The van der Waals surface area contributed by atoms with E-state index < -0.39 is 0 Å². The molecule has 0 bridgehead atoms. The van der Waals surface area contributed by atoms with E-state index in [0.29, 0.717) is 16.7 Å². The summed E-state index contributed by atoms with van der Waals surface area (Å²) >= 11 is 0. The number of ketones is 1. The highest BCUT2D eigenvalue weighted by molar-refractivity contribution is 6.14. The molecule has 24 heavy (non-hydrogen) atoms. The number of carbonyl (C=O) groups excluding carboxylic acids is 2. The van der Waals surface area contributed by atoms with Gasteiger partial charge < -0.3 is 0 Å². The van der Waals surface area contributed by atoms with Gasteiger partial charge >= 0.3 is 0 Å². The normalized spacial score (nSPS) is 10.0. The number of aldehydes is 1. The van der Waals surface area contributed by atoms with Crippen molar-refractivity contribution in [1.82, 2.24) is 0 Å². The molecule has 2 aromatic carbocycles. The fraction of sp³-hybridized carbons (Fsp3) is 0.364. The van der Waals surface area contributed by atoms with Crippen LogP contribution in [0.4, 0.5) is 0 Å². The predicted molar refractivity (Wildman–Crippen MR) is 101 cm³/mol. The molecule has 0 aromatic heterocycles. The molecular formula is C22H28O2. The number of hydrogen-bond acceptors (Lipinski definition) is 2. The van der Waals surface area contributed by atoms with Crippen LogP contribution in [0.25, 0.3) is 0 Å². The van der Waals surface area contributed by atoms with Gasteiger partial charge in [-0.1, -0.05) is 26.0 Å². The van der Waals surface area contributed by atoms with Gasteiger partial charge in [-0.05, 0) is 81.0 Å². The van der Waals surface area contributed by atoms with Crippen LogP contribution in [0.3, 0.4) is 0 Å². The molecule has 0 atom stereocenters.